The van der Waals surface area contributed by atoms with E-state index in [4.69, 9.17) is 4.74 Å². The highest BCUT2D eigenvalue weighted by Crippen LogP contribution is 2.43. The summed E-state index contributed by atoms with van der Waals surface area (Å²) in [6.07, 6.45) is 2.11. The van der Waals surface area contributed by atoms with Crippen molar-refractivity contribution in [1.82, 2.24) is 0 Å². The van der Waals surface area contributed by atoms with E-state index in [1.165, 1.54) is 16.7 Å². The van der Waals surface area contributed by atoms with Gasteiger partial charge in [0.15, 0.2) is 0 Å². The van der Waals surface area contributed by atoms with Gasteiger partial charge in [0.2, 0.25) is 0 Å². The Kier molecular flexibility index (Phi) is 5.53. The Morgan fingerprint density at radius 1 is 0.607 bits per heavy atom. The third-order valence-electron chi connectivity index (χ3n) is 4.87. The fourth-order valence-corrected chi connectivity index (χ4v) is 3.58. The Labute approximate surface area is 167 Å². The second-order valence-electron chi connectivity index (χ2n) is 6.87. The highest BCUT2D eigenvalue weighted by atomic mass is 16.5. The standard InChI is InChI=1S/C27H24O/c1-2-12-22-19-20-25(21-13-6-3-7-14-21)27(28-24-17-10-5-11-18-24)26(22)23-15-8-4-9-16-23/h3-11,13-20H,2,12H2,1H3. The Morgan fingerprint density at radius 2 is 1.18 bits per heavy atom. The van der Waals surface area contributed by atoms with Crippen LogP contribution in [-0.2, 0) is 6.42 Å². The lowest BCUT2D eigenvalue weighted by Crippen LogP contribution is -1.97. The van der Waals surface area contributed by atoms with E-state index >= 15 is 0 Å². The first-order valence-electron chi connectivity index (χ1n) is 9.86. The van der Waals surface area contributed by atoms with E-state index in [9.17, 15) is 0 Å². The van der Waals surface area contributed by atoms with Crippen LogP contribution in [0.1, 0.15) is 18.9 Å². The van der Waals surface area contributed by atoms with Gasteiger partial charge in [0.05, 0.1) is 0 Å². The van der Waals surface area contributed by atoms with Gasteiger partial charge in [0, 0.05) is 11.1 Å². The first-order chi connectivity index (χ1) is 13.9. The van der Waals surface area contributed by atoms with E-state index in [1.54, 1.807) is 0 Å². The summed E-state index contributed by atoms with van der Waals surface area (Å²) in [5, 5.41) is 0. The number of hydrogen-bond donors (Lipinski definition) is 0. The summed E-state index contributed by atoms with van der Waals surface area (Å²) in [5.74, 6) is 1.78. The molecule has 0 saturated heterocycles. The van der Waals surface area contributed by atoms with Gasteiger partial charge in [-0.05, 0) is 35.2 Å². The molecule has 0 fully saturated rings. The Hall–Kier alpha value is -3.32. The molecule has 1 heteroatoms. The van der Waals surface area contributed by atoms with Gasteiger partial charge in [-0.2, -0.15) is 0 Å². The second kappa shape index (κ2) is 8.58. The quantitative estimate of drug-likeness (QED) is 0.339. The molecule has 4 aromatic rings. The van der Waals surface area contributed by atoms with Crippen LogP contribution in [0.25, 0.3) is 22.3 Å². The average Bonchev–Trinajstić information content (AvgIpc) is 2.76. The van der Waals surface area contributed by atoms with Crippen LogP contribution in [0.5, 0.6) is 11.5 Å². The lowest BCUT2D eigenvalue weighted by Gasteiger charge is -2.20. The summed E-state index contributed by atoms with van der Waals surface area (Å²) in [6, 6.07) is 35.6. The minimum atomic E-state index is 0.852. The minimum Gasteiger partial charge on any atom is -0.456 e. The Morgan fingerprint density at radius 3 is 1.79 bits per heavy atom. The van der Waals surface area contributed by atoms with E-state index < -0.39 is 0 Å². The zero-order valence-corrected chi connectivity index (χ0v) is 16.1. The van der Waals surface area contributed by atoms with Crippen LogP contribution in [0.3, 0.4) is 0 Å². The monoisotopic (exact) mass is 364 g/mol. The van der Waals surface area contributed by atoms with Crippen LogP contribution in [0.2, 0.25) is 0 Å². The van der Waals surface area contributed by atoms with E-state index in [0.29, 0.717) is 0 Å². The minimum absolute atomic E-state index is 0.852. The number of rotatable bonds is 6. The molecular formula is C27H24O. The summed E-state index contributed by atoms with van der Waals surface area (Å²) in [6.45, 7) is 2.22. The predicted octanol–water partition coefficient (Wildman–Crippen LogP) is 7.77. The molecule has 138 valence electrons. The molecule has 28 heavy (non-hydrogen) atoms. The van der Waals surface area contributed by atoms with Gasteiger partial charge in [0.25, 0.3) is 0 Å². The van der Waals surface area contributed by atoms with Crippen LogP contribution in [-0.4, -0.2) is 0 Å². The molecule has 0 aliphatic carbocycles. The molecule has 0 amide bonds. The molecular weight excluding hydrogens is 340 g/mol. The summed E-state index contributed by atoms with van der Waals surface area (Å²) in [5.41, 5.74) is 5.97. The maximum Gasteiger partial charge on any atom is 0.143 e. The maximum atomic E-state index is 6.54. The molecule has 0 unspecified atom stereocenters. The van der Waals surface area contributed by atoms with Crippen LogP contribution in [0.4, 0.5) is 0 Å². The molecule has 1 nitrogen and oxygen atoms in total. The van der Waals surface area contributed by atoms with Crippen molar-refractivity contribution in [1.29, 1.82) is 0 Å². The first kappa shape index (κ1) is 18.1. The van der Waals surface area contributed by atoms with Gasteiger partial charge in [0.1, 0.15) is 11.5 Å². The predicted molar refractivity (Wildman–Crippen MR) is 118 cm³/mol. The smallest absolute Gasteiger partial charge is 0.143 e. The summed E-state index contributed by atoms with van der Waals surface area (Å²) < 4.78 is 6.54. The second-order valence-corrected chi connectivity index (χ2v) is 6.87. The van der Waals surface area contributed by atoms with Crippen LogP contribution < -0.4 is 4.74 Å². The fourth-order valence-electron chi connectivity index (χ4n) is 3.58. The molecule has 4 aromatic carbocycles. The number of ether oxygens (including phenoxy) is 1. The van der Waals surface area contributed by atoms with E-state index in [-0.39, 0.29) is 0 Å². The SMILES string of the molecule is CCCc1ccc(-c2ccccc2)c(Oc2ccccc2)c1-c1ccccc1. The number of benzene rings is 4. The van der Waals surface area contributed by atoms with Crippen molar-refractivity contribution in [3.63, 3.8) is 0 Å². The molecule has 0 N–H and O–H groups in total. The highest BCUT2D eigenvalue weighted by molar-refractivity contribution is 5.85. The van der Waals surface area contributed by atoms with E-state index in [0.717, 1.165) is 35.5 Å². The van der Waals surface area contributed by atoms with Crippen LogP contribution in [0, 0.1) is 0 Å². The zero-order chi connectivity index (χ0) is 19.2. The van der Waals surface area contributed by atoms with Crippen LogP contribution >= 0.6 is 0 Å². The summed E-state index contributed by atoms with van der Waals surface area (Å²) in [7, 11) is 0. The molecule has 0 heterocycles. The van der Waals surface area contributed by atoms with Gasteiger partial charge in [-0.15, -0.1) is 0 Å². The van der Waals surface area contributed by atoms with Gasteiger partial charge in [-0.25, -0.2) is 0 Å². The van der Waals surface area contributed by atoms with Crippen molar-refractivity contribution in [2.24, 2.45) is 0 Å². The molecule has 0 atom stereocenters. The molecule has 0 aromatic heterocycles. The largest absolute Gasteiger partial charge is 0.456 e. The molecule has 4 rings (SSSR count). The van der Waals surface area contributed by atoms with Crippen molar-refractivity contribution < 1.29 is 4.74 Å². The maximum absolute atomic E-state index is 6.54. The fraction of sp³-hybridized carbons (Fsp3) is 0.111. The lowest BCUT2D eigenvalue weighted by atomic mass is 9.91. The van der Waals surface area contributed by atoms with Crippen molar-refractivity contribution in [3.05, 3.63) is 109 Å². The zero-order valence-electron chi connectivity index (χ0n) is 16.1. The van der Waals surface area contributed by atoms with Gasteiger partial charge in [-0.1, -0.05) is 104 Å². The third-order valence-corrected chi connectivity index (χ3v) is 4.87. The molecule has 0 aliphatic heterocycles. The normalized spacial score (nSPS) is 10.6. The highest BCUT2D eigenvalue weighted by Gasteiger charge is 2.18. The van der Waals surface area contributed by atoms with E-state index in [2.05, 4.69) is 73.7 Å². The van der Waals surface area contributed by atoms with Gasteiger partial charge >= 0.3 is 0 Å². The van der Waals surface area contributed by atoms with Crippen molar-refractivity contribution in [2.45, 2.75) is 19.8 Å². The molecule has 0 bridgehead atoms. The lowest BCUT2D eigenvalue weighted by molar-refractivity contribution is 0.485. The number of para-hydroxylation sites is 1. The van der Waals surface area contributed by atoms with Crippen molar-refractivity contribution >= 4 is 0 Å². The first-order valence-corrected chi connectivity index (χ1v) is 9.86. The van der Waals surface area contributed by atoms with Crippen molar-refractivity contribution in [2.75, 3.05) is 0 Å². The Bertz CT molecular complexity index is 1020. The molecule has 0 spiro atoms. The Balaban J connectivity index is 1.97. The van der Waals surface area contributed by atoms with Gasteiger partial charge in [-0.3, -0.25) is 0 Å². The number of aryl methyl sites for hydroxylation is 1. The molecule has 0 aliphatic rings. The van der Waals surface area contributed by atoms with Crippen molar-refractivity contribution in [3.8, 4) is 33.8 Å². The average molecular weight is 364 g/mol. The summed E-state index contributed by atoms with van der Waals surface area (Å²) in [4.78, 5) is 0. The number of hydrogen-bond acceptors (Lipinski definition) is 1. The molecule has 0 radical (unpaired) electrons. The topological polar surface area (TPSA) is 9.23 Å². The van der Waals surface area contributed by atoms with Gasteiger partial charge < -0.3 is 4.74 Å². The molecule has 0 saturated carbocycles. The van der Waals surface area contributed by atoms with E-state index in [1.807, 2.05) is 36.4 Å². The third kappa shape index (κ3) is 3.84. The van der Waals surface area contributed by atoms with Crippen LogP contribution in [0.15, 0.2) is 103 Å². The summed E-state index contributed by atoms with van der Waals surface area (Å²) >= 11 is 0.